The van der Waals surface area contributed by atoms with Crippen LogP contribution in [0.3, 0.4) is 0 Å². The highest BCUT2D eigenvalue weighted by Gasteiger charge is 2.46. The first-order valence-corrected chi connectivity index (χ1v) is 7.21. The fraction of sp³-hybridized carbons (Fsp3) is 0.714. The van der Waals surface area contributed by atoms with Gasteiger partial charge in [-0.3, -0.25) is 4.79 Å². The molecule has 0 aliphatic carbocycles. The molecule has 3 rings (SSSR count). The number of aromatic nitrogens is 1. The van der Waals surface area contributed by atoms with Crippen LogP contribution in [0, 0.1) is 0 Å². The first kappa shape index (κ1) is 14.5. The van der Waals surface area contributed by atoms with Gasteiger partial charge in [0.2, 0.25) is 0 Å². The molecule has 7 nitrogen and oxygen atoms in total. The predicted octanol–water partition coefficient (Wildman–Crippen LogP) is 0.889. The molecule has 7 heteroatoms. The van der Waals surface area contributed by atoms with E-state index in [1.54, 1.807) is 13.2 Å². The molecular weight excluding hydrogens is 276 g/mol. The van der Waals surface area contributed by atoms with E-state index in [1.165, 1.54) is 0 Å². The van der Waals surface area contributed by atoms with Crippen molar-refractivity contribution in [3.05, 3.63) is 17.5 Å². The topological polar surface area (TPSA) is 82.8 Å². The van der Waals surface area contributed by atoms with Crippen LogP contribution in [0.25, 0.3) is 0 Å². The summed E-state index contributed by atoms with van der Waals surface area (Å²) < 4.78 is 21.3. The highest BCUT2D eigenvalue weighted by Crippen LogP contribution is 2.35. The van der Waals surface area contributed by atoms with Crippen molar-refractivity contribution in [1.82, 2.24) is 10.5 Å². The van der Waals surface area contributed by atoms with Gasteiger partial charge >= 0.3 is 0 Å². The lowest BCUT2D eigenvalue weighted by Gasteiger charge is -2.37. The third-order valence-corrected chi connectivity index (χ3v) is 4.15. The van der Waals surface area contributed by atoms with Crippen LogP contribution in [0.4, 0.5) is 0 Å². The smallest absolute Gasteiger partial charge is 0.273 e. The Labute approximate surface area is 122 Å². The largest absolute Gasteiger partial charge is 0.381 e. The third-order valence-electron chi connectivity index (χ3n) is 4.15. The van der Waals surface area contributed by atoms with Gasteiger partial charge in [-0.25, -0.2) is 0 Å². The number of carbonyl (C=O) groups is 1. The van der Waals surface area contributed by atoms with Gasteiger partial charge in [-0.1, -0.05) is 5.16 Å². The van der Waals surface area contributed by atoms with E-state index in [0.717, 1.165) is 19.3 Å². The lowest BCUT2D eigenvalue weighted by atomic mass is 9.86. The summed E-state index contributed by atoms with van der Waals surface area (Å²) in [6, 6.07) is 1.60. The molecule has 21 heavy (non-hydrogen) atoms. The molecule has 1 spiro atoms. The van der Waals surface area contributed by atoms with Crippen LogP contribution in [0.5, 0.6) is 0 Å². The predicted molar refractivity (Wildman–Crippen MR) is 71.8 cm³/mol. The molecular formula is C14H20N2O5. The number of hydrogen-bond donors (Lipinski definition) is 1. The highest BCUT2D eigenvalue weighted by atomic mass is 16.5. The molecule has 0 aromatic carbocycles. The summed E-state index contributed by atoms with van der Waals surface area (Å²) in [4.78, 5) is 12.3. The van der Waals surface area contributed by atoms with Gasteiger partial charge in [-0.05, 0) is 6.42 Å². The number of nitrogens with zero attached hydrogens (tertiary/aromatic N) is 1. The summed E-state index contributed by atoms with van der Waals surface area (Å²) in [5, 5.41) is 6.81. The average Bonchev–Trinajstić information content (AvgIpc) is 3.09. The third kappa shape index (κ3) is 2.95. The molecule has 1 aromatic rings. The van der Waals surface area contributed by atoms with Crippen LogP contribution >= 0.6 is 0 Å². The van der Waals surface area contributed by atoms with Crippen molar-refractivity contribution in [1.29, 1.82) is 0 Å². The van der Waals surface area contributed by atoms with E-state index in [2.05, 4.69) is 10.5 Å². The Kier molecular flexibility index (Phi) is 4.23. The van der Waals surface area contributed by atoms with Gasteiger partial charge in [0.05, 0.1) is 11.6 Å². The Hall–Kier alpha value is -1.44. The lowest BCUT2D eigenvalue weighted by Crippen LogP contribution is -2.52. The Morgan fingerprint density at radius 1 is 1.48 bits per heavy atom. The second kappa shape index (κ2) is 6.13. The summed E-state index contributed by atoms with van der Waals surface area (Å²) in [7, 11) is 1.56. The first-order valence-electron chi connectivity index (χ1n) is 7.21. The molecule has 1 atom stereocenters. The maximum atomic E-state index is 12.3. The fourth-order valence-corrected chi connectivity index (χ4v) is 3.02. The van der Waals surface area contributed by atoms with Crippen molar-refractivity contribution in [3.63, 3.8) is 0 Å². The van der Waals surface area contributed by atoms with Crippen LogP contribution in [-0.2, 0) is 20.8 Å². The zero-order chi connectivity index (χ0) is 14.7. The minimum Gasteiger partial charge on any atom is -0.381 e. The number of amides is 1. The van der Waals surface area contributed by atoms with Crippen molar-refractivity contribution in [2.24, 2.45) is 0 Å². The van der Waals surface area contributed by atoms with Crippen molar-refractivity contribution >= 4 is 5.91 Å². The summed E-state index contributed by atoms with van der Waals surface area (Å²) in [5.41, 5.74) is -0.0105. The average molecular weight is 296 g/mol. The van der Waals surface area contributed by atoms with E-state index in [1.807, 2.05) is 0 Å². The minimum atomic E-state index is -0.285. The second-order valence-electron chi connectivity index (χ2n) is 5.45. The Morgan fingerprint density at radius 2 is 2.29 bits per heavy atom. The Morgan fingerprint density at radius 3 is 3.05 bits per heavy atom. The molecule has 0 radical (unpaired) electrons. The monoisotopic (exact) mass is 296 g/mol. The van der Waals surface area contributed by atoms with Crippen molar-refractivity contribution < 1.29 is 23.5 Å². The molecule has 0 bridgehead atoms. The molecule has 2 aliphatic heterocycles. The van der Waals surface area contributed by atoms with Crippen LogP contribution in [0.2, 0.25) is 0 Å². The molecule has 1 aromatic heterocycles. The zero-order valence-electron chi connectivity index (χ0n) is 12.1. The molecule has 0 saturated carbocycles. The van der Waals surface area contributed by atoms with Gasteiger partial charge in [0.25, 0.3) is 5.91 Å². The molecule has 2 aliphatic rings. The van der Waals surface area contributed by atoms with Crippen LogP contribution in [-0.4, -0.2) is 49.6 Å². The number of methoxy groups -OCH3 is 1. The lowest BCUT2D eigenvalue weighted by molar-refractivity contribution is -0.0872. The van der Waals surface area contributed by atoms with E-state index in [9.17, 15) is 4.79 Å². The maximum absolute atomic E-state index is 12.3. The number of rotatable bonds is 4. The van der Waals surface area contributed by atoms with E-state index < -0.39 is 0 Å². The van der Waals surface area contributed by atoms with E-state index in [-0.39, 0.29) is 23.2 Å². The van der Waals surface area contributed by atoms with Gasteiger partial charge in [-0.2, -0.15) is 0 Å². The summed E-state index contributed by atoms with van der Waals surface area (Å²) in [6.07, 6.45) is 2.44. The van der Waals surface area contributed by atoms with Crippen molar-refractivity contribution in [3.8, 4) is 0 Å². The summed E-state index contributed by atoms with van der Waals surface area (Å²) >= 11 is 0. The minimum absolute atomic E-state index is 0.00326. The number of ether oxygens (including phenoxy) is 3. The number of carbonyl (C=O) groups excluding carboxylic acids is 1. The molecule has 2 fully saturated rings. The van der Waals surface area contributed by atoms with Gasteiger partial charge in [-0.15, -0.1) is 0 Å². The van der Waals surface area contributed by atoms with Crippen molar-refractivity contribution in [2.45, 2.75) is 37.5 Å². The molecule has 3 heterocycles. The van der Waals surface area contributed by atoms with E-state index >= 15 is 0 Å². The van der Waals surface area contributed by atoms with Gasteiger partial charge in [0, 0.05) is 45.8 Å². The van der Waals surface area contributed by atoms with Crippen LogP contribution in [0.1, 0.15) is 35.5 Å². The standard InChI is InChI=1S/C14H20N2O5/c1-18-9-10-8-11(16-21-10)13(17)15-12-2-5-20-14(12)3-6-19-7-4-14/h8,12H,2-7,9H2,1H3,(H,15,17). The quantitative estimate of drug-likeness (QED) is 0.888. The first-order chi connectivity index (χ1) is 10.2. The van der Waals surface area contributed by atoms with Gasteiger partial charge in [0.1, 0.15) is 6.61 Å². The molecule has 1 amide bonds. The Bertz CT molecular complexity index is 495. The highest BCUT2D eigenvalue weighted by molar-refractivity contribution is 5.92. The summed E-state index contributed by atoms with van der Waals surface area (Å²) in [6.45, 7) is 2.31. The number of nitrogens with one attached hydrogen (secondary N) is 1. The SMILES string of the molecule is COCc1cc(C(=O)NC2CCOC23CCOCC3)no1. The van der Waals surface area contributed by atoms with E-state index in [0.29, 0.717) is 32.2 Å². The van der Waals surface area contributed by atoms with Gasteiger partial charge in [0.15, 0.2) is 11.5 Å². The van der Waals surface area contributed by atoms with E-state index in [4.69, 9.17) is 18.7 Å². The normalized spacial score (nSPS) is 24.3. The summed E-state index contributed by atoms with van der Waals surface area (Å²) in [5.74, 6) is 0.300. The molecule has 1 N–H and O–H groups in total. The van der Waals surface area contributed by atoms with Crippen LogP contribution < -0.4 is 5.32 Å². The molecule has 1 unspecified atom stereocenters. The number of hydrogen-bond acceptors (Lipinski definition) is 6. The zero-order valence-corrected chi connectivity index (χ0v) is 12.1. The van der Waals surface area contributed by atoms with Gasteiger partial charge < -0.3 is 24.1 Å². The maximum Gasteiger partial charge on any atom is 0.273 e. The molecule has 116 valence electrons. The fourth-order valence-electron chi connectivity index (χ4n) is 3.02. The van der Waals surface area contributed by atoms with Crippen LogP contribution in [0.15, 0.2) is 10.6 Å². The van der Waals surface area contributed by atoms with Crippen molar-refractivity contribution in [2.75, 3.05) is 26.9 Å². The molecule has 2 saturated heterocycles. The second-order valence-corrected chi connectivity index (χ2v) is 5.45. The Balaban J connectivity index is 1.65.